The molecule has 6 heteroatoms. The summed E-state index contributed by atoms with van der Waals surface area (Å²) >= 11 is 0. The first-order valence-corrected chi connectivity index (χ1v) is 6.87. The Morgan fingerprint density at radius 2 is 2.09 bits per heavy atom. The van der Waals surface area contributed by atoms with Crippen LogP contribution in [0.1, 0.15) is 21.6 Å². The highest BCUT2D eigenvalue weighted by atomic mass is 19.1. The standard InChI is InChI=1S/C16H19FN4O/c1-21(2)10-12-4-3-11(7-14(12)17)8-20-16(22)15-6-5-13(18)9-19-15/h3-7,9H,8,10,18H2,1-2H3,(H,20,22). The zero-order chi connectivity index (χ0) is 16.1. The molecular formula is C16H19FN4O. The topological polar surface area (TPSA) is 71.2 Å². The number of halogens is 1. The van der Waals surface area contributed by atoms with Gasteiger partial charge in [0.1, 0.15) is 11.5 Å². The fourth-order valence-electron chi connectivity index (χ4n) is 1.98. The number of carbonyl (C=O) groups is 1. The van der Waals surface area contributed by atoms with Crippen molar-refractivity contribution >= 4 is 11.6 Å². The summed E-state index contributed by atoms with van der Waals surface area (Å²) in [5.41, 5.74) is 7.61. The summed E-state index contributed by atoms with van der Waals surface area (Å²) in [6.07, 6.45) is 1.42. The lowest BCUT2D eigenvalue weighted by atomic mass is 10.1. The molecular weight excluding hydrogens is 283 g/mol. The van der Waals surface area contributed by atoms with Gasteiger partial charge in [0, 0.05) is 18.7 Å². The molecule has 0 aliphatic carbocycles. The lowest BCUT2D eigenvalue weighted by Gasteiger charge is -2.12. The lowest BCUT2D eigenvalue weighted by Crippen LogP contribution is -2.24. The number of rotatable bonds is 5. The molecule has 1 heterocycles. The number of anilines is 1. The Labute approximate surface area is 129 Å². The largest absolute Gasteiger partial charge is 0.397 e. The molecule has 0 aliphatic rings. The third-order valence-electron chi connectivity index (χ3n) is 3.08. The molecule has 2 aromatic rings. The van der Waals surface area contributed by atoms with Crippen molar-refractivity contribution in [1.82, 2.24) is 15.2 Å². The monoisotopic (exact) mass is 302 g/mol. The number of aromatic nitrogens is 1. The van der Waals surface area contributed by atoms with E-state index in [4.69, 9.17) is 5.73 Å². The Kier molecular flexibility index (Phi) is 5.06. The number of hydrogen-bond donors (Lipinski definition) is 2. The zero-order valence-corrected chi connectivity index (χ0v) is 12.6. The first-order valence-electron chi connectivity index (χ1n) is 6.87. The maximum atomic E-state index is 13.9. The zero-order valence-electron chi connectivity index (χ0n) is 12.6. The van der Waals surface area contributed by atoms with Crippen LogP contribution < -0.4 is 11.1 Å². The van der Waals surface area contributed by atoms with Crippen LogP contribution in [-0.2, 0) is 13.1 Å². The van der Waals surface area contributed by atoms with Crippen LogP contribution in [0.15, 0.2) is 36.5 Å². The predicted molar refractivity (Wildman–Crippen MR) is 83.6 cm³/mol. The van der Waals surface area contributed by atoms with E-state index in [1.54, 1.807) is 24.3 Å². The van der Waals surface area contributed by atoms with Gasteiger partial charge in [-0.3, -0.25) is 4.79 Å². The second-order valence-electron chi connectivity index (χ2n) is 5.32. The summed E-state index contributed by atoms with van der Waals surface area (Å²) in [7, 11) is 3.76. The minimum Gasteiger partial charge on any atom is -0.397 e. The summed E-state index contributed by atoms with van der Waals surface area (Å²) in [6.45, 7) is 0.776. The number of hydrogen-bond acceptors (Lipinski definition) is 4. The smallest absolute Gasteiger partial charge is 0.270 e. The highest BCUT2D eigenvalue weighted by Gasteiger charge is 2.08. The number of nitrogens with two attached hydrogens (primary N) is 1. The van der Waals surface area contributed by atoms with Crippen LogP contribution in [0, 0.1) is 5.82 Å². The van der Waals surface area contributed by atoms with Crippen molar-refractivity contribution in [2.45, 2.75) is 13.1 Å². The molecule has 116 valence electrons. The molecule has 3 N–H and O–H groups in total. The van der Waals surface area contributed by atoms with Crippen LogP contribution in [0.25, 0.3) is 0 Å². The van der Waals surface area contributed by atoms with E-state index in [1.807, 2.05) is 19.0 Å². The number of benzene rings is 1. The Hall–Kier alpha value is -2.47. The van der Waals surface area contributed by atoms with Gasteiger partial charge in [0.2, 0.25) is 0 Å². The van der Waals surface area contributed by atoms with Crippen LogP contribution in [0.5, 0.6) is 0 Å². The molecule has 0 saturated carbocycles. The highest BCUT2D eigenvalue weighted by molar-refractivity contribution is 5.92. The molecule has 0 aliphatic heterocycles. The third kappa shape index (κ3) is 4.26. The first-order chi connectivity index (χ1) is 10.5. The third-order valence-corrected chi connectivity index (χ3v) is 3.08. The summed E-state index contributed by atoms with van der Waals surface area (Å²) in [4.78, 5) is 17.7. The van der Waals surface area contributed by atoms with Gasteiger partial charge in [-0.15, -0.1) is 0 Å². The van der Waals surface area contributed by atoms with E-state index < -0.39 is 0 Å². The van der Waals surface area contributed by atoms with Crippen molar-refractivity contribution in [3.8, 4) is 0 Å². The summed E-state index contributed by atoms with van der Waals surface area (Å²) in [6, 6.07) is 8.13. The van der Waals surface area contributed by atoms with E-state index >= 15 is 0 Å². The van der Waals surface area contributed by atoms with Crippen molar-refractivity contribution in [3.63, 3.8) is 0 Å². The van der Waals surface area contributed by atoms with E-state index in [0.29, 0.717) is 23.4 Å². The van der Waals surface area contributed by atoms with Crippen molar-refractivity contribution in [1.29, 1.82) is 0 Å². The molecule has 0 atom stereocenters. The van der Waals surface area contributed by atoms with E-state index in [2.05, 4.69) is 10.3 Å². The van der Waals surface area contributed by atoms with E-state index in [0.717, 1.165) is 0 Å². The number of carbonyl (C=O) groups excluding carboxylic acids is 1. The molecule has 0 fully saturated rings. The van der Waals surface area contributed by atoms with Gasteiger partial charge in [0.15, 0.2) is 0 Å². The minimum absolute atomic E-state index is 0.240. The van der Waals surface area contributed by atoms with Crippen molar-refractivity contribution < 1.29 is 9.18 Å². The first kappa shape index (κ1) is 15.9. The summed E-state index contributed by atoms with van der Waals surface area (Å²) < 4.78 is 13.9. The van der Waals surface area contributed by atoms with Crippen molar-refractivity contribution in [2.24, 2.45) is 0 Å². The molecule has 1 amide bonds. The summed E-state index contributed by atoms with van der Waals surface area (Å²) in [5.74, 6) is -0.594. The maximum Gasteiger partial charge on any atom is 0.270 e. The average Bonchev–Trinajstić information content (AvgIpc) is 2.47. The quantitative estimate of drug-likeness (QED) is 0.883. The van der Waals surface area contributed by atoms with E-state index in [1.165, 1.54) is 12.3 Å². The molecule has 0 bridgehead atoms. The van der Waals surface area contributed by atoms with Gasteiger partial charge >= 0.3 is 0 Å². The van der Waals surface area contributed by atoms with Crippen LogP contribution in [-0.4, -0.2) is 29.9 Å². The minimum atomic E-state index is -0.322. The molecule has 22 heavy (non-hydrogen) atoms. The van der Waals surface area contributed by atoms with E-state index in [-0.39, 0.29) is 24.0 Å². The molecule has 0 spiro atoms. The number of amides is 1. The Morgan fingerprint density at radius 1 is 1.32 bits per heavy atom. The van der Waals surface area contributed by atoms with Crippen molar-refractivity contribution in [3.05, 3.63) is 59.2 Å². The van der Waals surface area contributed by atoms with Gasteiger partial charge in [-0.05, 0) is 37.9 Å². The molecule has 0 radical (unpaired) electrons. The molecule has 5 nitrogen and oxygen atoms in total. The van der Waals surface area contributed by atoms with Crippen LogP contribution in [0.3, 0.4) is 0 Å². The molecule has 0 saturated heterocycles. The number of pyridine rings is 1. The maximum absolute atomic E-state index is 13.9. The van der Waals surface area contributed by atoms with Gasteiger partial charge in [-0.2, -0.15) is 0 Å². The second kappa shape index (κ2) is 7.00. The van der Waals surface area contributed by atoms with Gasteiger partial charge < -0.3 is 16.0 Å². The normalized spacial score (nSPS) is 10.7. The number of nitrogen functional groups attached to an aromatic ring is 1. The van der Waals surface area contributed by atoms with Crippen LogP contribution >= 0.6 is 0 Å². The molecule has 1 aromatic heterocycles. The summed E-state index contributed by atoms with van der Waals surface area (Å²) in [5, 5.41) is 2.70. The fraction of sp³-hybridized carbons (Fsp3) is 0.250. The van der Waals surface area contributed by atoms with Gasteiger partial charge in [-0.1, -0.05) is 12.1 Å². The predicted octanol–water partition coefficient (Wildman–Crippen LogP) is 1.79. The number of nitrogens with zero attached hydrogens (tertiary/aromatic N) is 2. The SMILES string of the molecule is CN(C)Cc1ccc(CNC(=O)c2ccc(N)cn2)cc1F. The Balaban J connectivity index is 1.98. The Bertz CT molecular complexity index is 656. The highest BCUT2D eigenvalue weighted by Crippen LogP contribution is 2.12. The lowest BCUT2D eigenvalue weighted by molar-refractivity contribution is 0.0946. The molecule has 0 unspecified atom stereocenters. The number of nitrogens with one attached hydrogen (secondary N) is 1. The molecule has 1 aromatic carbocycles. The molecule has 2 rings (SSSR count). The van der Waals surface area contributed by atoms with Crippen molar-refractivity contribution in [2.75, 3.05) is 19.8 Å². The van der Waals surface area contributed by atoms with Gasteiger partial charge in [0.25, 0.3) is 5.91 Å². The Morgan fingerprint density at radius 3 is 2.68 bits per heavy atom. The average molecular weight is 302 g/mol. The van der Waals surface area contributed by atoms with Crippen LogP contribution in [0.2, 0.25) is 0 Å². The van der Waals surface area contributed by atoms with E-state index in [9.17, 15) is 9.18 Å². The fourth-order valence-corrected chi connectivity index (χ4v) is 1.98. The second-order valence-corrected chi connectivity index (χ2v) is 5.32. The van der Waals surface area contributed by atoms with Gasteiger partial charge in [0.05, 0.1) is 11.9 Å². The van der Waals surface area contributed by atoms with Gasteiger partial charge in [-0.25, -0.2) is 9.37 Å². The van der Waals surface area contributed by atoms with Crippen LogP contribution in [0.4, 0.5) is 10.1 Å².